The van der Waals surface area contributed by atoms with E-state index in [1.54, 1.807) is 19.9 Å². The van der Waals surface area contributed by atoms with Crippen LogP contribution in [0.15, 0.2) is 35.6 Å². The van der Waals surface area contributed by atoms with Crippen molar-refractivity contribution in [3.8, 4) is 0 Å². The topological polar surface area (TPSA) is 52.3 Å². The summed E-state index contributed by atoms with van der Waals surface area (Å²) in [6, 6.07) is 0. The van der Waals surface area contributed by atoms with Gasteiger partial charge in [0.1, 0.15) is 0 Å². The number of carbonyl (C=O) groups is 1. The highest BCUT2D eigenvalue weighted by molar-refractivity contribution is 5.93. The molecule has 0 aromatic heterocycles. The SMILES string of the molecule is C=C/C(N)=C(C)\C(=C/C)C(=O)OC.CC. The van der Waals surface area contributed by atoms with Crippen molar-refractivity contribution in [2.24, 2.45) is 5.73 Å². The van der Waals surface area contributed by atoms with Gasteiger partial charge in [-0.05, 0) is 25.5 Å². The Bertz CT molecular complexity index is 275. The van der Waals surface area contributed by atoms with Crippen LogP contribution < -0.4 is 5.73 Å². The molecule has 3 heteroatoms. The van der Waals surface area contributed by atoms with Gasteiger partial charge in [-0.3, -0.25) is 0 Å². The van der Waals surface area contributed by atoms with Gasteiger partial charge in [0.05, 0.1) is 12.7 Å². The summed E-state index contributed by atoms with van der Waals surface area (Å²) < 4.78 is 4.59. The highest BCUT2D eigenvalue weighted by atomic mass is 16.5. The van der Waals surface area contributed by atoms with Crippen molar-refractivity contribution in [3.05, 3.63) is 35.6 Å². The molecular formula is C12H21NO2. The first-order valence-electron chi connectivity index (χ1n) is 4.92. The first-order chi connectivity index (χ1) is 7.08. The second kappa shape index (κ2) is 9.06. The lowest BCUT2D eigenvalue weighted by atomic mass is 10.1. The molecule has 0 rings (SSSR count). The number of esters is 1. The molecule has 2 N–H and O–H groups in total. The van der Waals surface area contributed by atoms with Crippen molar-refractivity contribution >= 4 is 5.97 Å². The molecule has 0 aliphatic carbocycles. The summed E-state index contributed by atoms with van der Waals surface area (Å²) in [7, 11) is 1.34. The van der Waals surface area contributed by atoms with Crippen molar-refractivity contribution in [3.63, 3.8) is 0 Å². The van der Waals surface area contributed by atoms with Crippen LogP contribution in [0.1, 0.15) is 27.7 Å². The maximum absolute atomic E-state index is 11.2. The Labute approximate surface area is 92.3 Å². The number of allylic oxidation sites excluding steroid dienone is 2. The Morgan fingerprint density at radius 2 is 1.87 bits per heavy atom. The van der Waals surface area contributed by atoms with Gasteiger partial charge in [-0.1, -0.05) is 26.5 Å². The largest absolute Gasteiger partial charge is 0.465 e. The lowest BCUT2D eigenvalue weighted by Crippen LogP contribution is -2.09. The highest BCUT2D eigenvalue weighted by Gasteiger charge is 2.11. The van der Waals surface area contributed by atoms with Gasteiger partial charge < -0.3 is 10.5 Å². The quantitative estimate of drug-likeness (QED) is 0.443. The molecule has 0 unspecified atom stereocenters. The molecule has 0 aliphatic heterocycles. The second-order valence-corrected chi connectivity index (χ2v) is 2.48. The summed E-state index contributed by atoms with van der Waals surface area (Å²) in [5, 5.41) is 0. The number of carbonyl (C=O) groups excluding carboxylic acids is 1. The first kappa shape index (κ1) is 15.9. The number of ether oxygens (including phenoxy) is 1. The smallest absolute Gasteiger partial charge is 0.337 e. The first-order valence-corrected chi connectivity index (χ1v) is 4.92. The molecule has 0 aromatic carbocycles. The van der Waals surface area contributed by atoms with E-state index in [1.807, 2.05) is 13.8 Å². The Morgan fingerprint density at radius 1 is 1.40 bits per heavy atom. The van der Waals surface area contributed by atoms with Gasteiger partial charge in [0, 0.05) is 5.70 Å². The summed E-state index contributed by atoms with van der Waals surface area (Å²) in [6.45, 7) is 11.0. The molecule has 0 fully saturated rings. The molecular weight excluding hydrogens is 190 g/mol. The van der Waals surface area contributed by atoms with Crippen LogP contribution in [0.3, 0.4) is 0 Å². The minimum absolute atomic E-state index is 0.384. The number of methoxy groups -OCH3 is 1. The number of nitrogens with two attached hydrogens (primary N) is 1. The number of hydrogen-bond donors (Lipinski definition) is 1. The van der Waals surface area contributed by atoms with Gasteiger partial charge in [0.25, 0.3) is 0 Å². The average Bonchev–Trinajstić information content (AvgIpc) is 2.30. The molecule has 3 nitrogen and oxygen atoms in total. The molecule has 0 atom stereocenters. The van der Waals surface area contributed by atoms with Gasteiger partial charge in [0.2, 0.25) is 0 Å². The van der Waals surface area contributed by atoms with Gasteiger partial charge in [-0.25, -0.2) is 4.79 Å². The molecule has 15 heavy (non-hydrogen) atoms. The van der Waals surface area contributed by atoms with E-state index in [1.165, 1.54) is 13.2 Å². The second-order valence-electron chi connectivity index (χ2n) is 2.48. The van der Waals surface area contributed by atoms with Crippen LogP contribution in [0.4, 0.5) is 0 Å². The molecule has 0 heterocycles. The molecule has 0 bridgehead atoms. The number of rotatable bonds is 3. The van der Waals surface area contributed by atoms with Gasteiger partial charge >= 0.3 is 5.97 Å². The predicted molar refractivity (Wildman–Crippen MR) is 64.2 cm³/mol. The molecule has 0 aliphatic rings. The van der Waals surface area contributed by atoms with Crippen LogP contribution >= 0.6 is 0 Å². The molecule has 0 radical (unpaired) electrons. The lowest BCUT2D eigenvalue weighted by molar-refractivity contribution is -0.135. The fourth-order valence-corrected chi connectivity index (χ4v) is 0.906. The molecule has 0 aromatic rings. The standard InChI is InChI=1S/C10H15NO2.C2H6/c1-5-8(10(12)13-4)7(3)9(11)6-2;1-2/h5-6H,2,11H2,1,3-4H3;1-2H3/b8-5+,9-7+;. The summed E-state index contributed by atoms with van der Waals surface area (Å²) in [5.74, 6) is -0.384. The molecule has 0 spiro atoms. The minimum atomic E-state index is -0.384. The number of hydrogen-bond acceptors (Lipinski definition) is 3. The zero-order valence-corrected chi connectivity index (χ0v) is 10.3. The van der Waals surface area contributed by atoms with Gasteiger partial charge in [0.15, 0.2) is 0 Å². The van der Waals surface area contributed by atoms with Crippen molar-refractivity contribution in [2.45, 2.75) is 27.7 Å². The fourth-order valence-electron chi connectivity index (χ4n) is 0.906. The van der Waals surface area contributed by atoms with Gasteiger partial charge in [-0.2, -0.15) is 0 Å². The van der Waals surface area contributed by atoms with Crippen LogP contribution in [0, 0.1) is 0 Å². The zero-order valence-electron chi connectivity index (χ0n) is 10.3. The molecule has 0 saturated heterocycles. The van der Waals surface area contributed by atoms with Crippen LogP contribution in [0.25, 0.3) is 0 Å². The molecule has 0 saturated carbocycles. The Morgan fingerprint density at radius 3 is 2.13 bits per heavy atom. The lowest BCUT2D eigenvalue weighted by Gasteiger charge is -2.06. The maximum atomic E-state index is 11.2. The van der Waals surface area contributed by atoms with E-state index in [-0.39, 0.29) is 5.97 Å². The molecule has 86 valence electrons. The average molecular weight is 211 g/mol. The van der Waals surface area contributed by atoms with Gasteiger partial charge in [-0.15, -0.1) is 0 Å². The highest BCUT2D eigenvalue weighted by Crippen LogP contribution is 2.13. The monoisotopic (exact) mass is 211 g/mol. The zero-order chi connectivity index (χ0) is 12.4. The van der Waals surface area contributed by atoms with E-state index in [4.69, 9.17) is 5.73 Å². The van der Waals surface area contributed by atoms with E-state index in [0.717, 1.165) is 0 Å². The Balaban J connectivity index is 0. The van der Waals surface area contributed by atoms with E-state index in [2.05, 4.69) is 11.3 Å². The van der Waals surface area contributed by atoms with Crippen molar-refractivity contribution in [1.29, 1.82) is 0 Å². The Hall–Kier alpha value is -1.51. The third-order valence-corrected chi connectivity index (χ3v) is 1.75. The summed E-state index contributed by atoms with van der Waals surface area (Å²) in [6.07, 6.45) is 3.17. The van der Waals surface area contributed by atoms with Crippen molar-refractivity contribution < 1.29 is 9.53 Å². The van der Waals surface area contributed by atoms with E-state index < -0.39 is 0 Å². The van der Waals surface area contributed by atoms with Crippen molar-refractivity contribution in [2.75, 3.05) is 7.11 Å². The third kappa shape index (κ3) is 5.05. The summed E-state index contributed by atoms with van der Waals surface area (Å²) in [5.41, 5.74) is 7.24. The van der Waals surface area contributed by atoms with Crippen LogP contribution in [0.5, 0.6) is 0 Å². The van der Waals surface area contributed by atoms with E-state index in [9.17, 15) is 4.79 Å². The minimum Gasteiger partial charge on any atom is -0.465 e. The fraction of sp³-hybridized carbons (Fsp3) is 0.417. The van der Waals surface area contributed by atoms with E-state index in [0.29, 0.717) is 16.8 Å². The normalized spacial score (nSPS) is 11.9. The maximum Gasteiger partial charge on any atom is 0.337 e. The van der Waals surface area contributed by atoms with Crippen molar-refractivity contribution in [1.82, 2.24) is 0 Å². The summed E-state index contributed by atoms with van der Waals surface area (Å²) in [4.78, 5) is 11.2. The summed E-state index contributed by atoms with van der Waals surface area (Å²) >= 11 is 0. The van der Waals surface area contributed by atoms with Crippen LogP contribution in [0.2, 0.25) is 0 Å². The van der Waals surface area contributed by atoms with Crippen LogP contribution in [-0.2, 0) is 9.53 Å². The van der Waals surface area contributed by atoms with E-state index >= 15 is 0 Å². The molecule has 0 amide bonds. The Kier molecular flexibility index (Phi) is 9.63. The van der Waals surface area contributed by atoms with Crippen LogP contribution in [-0.4, -0.2) is 13.1 Å². The predicted octanol–water partition coefficient (Wildman–Crippen LogP) is 2.55. The third-order valence-electron chi connectivity index (χ3n) is 1.75.